The summed E-state index contributed by atoms with van der Waals surface area (Å²) in [6.07, 6.45) is 0. The fraction of sp³-hybridized carbons (Fsp3) is 0.0667. The number of carbonyl (C=O) groups is 2. The first-order chi connectivity index (χ1) is 9.60. The Labute approximate surface area is 114 Å². The third-order valence-electron chi connectivity index (χ3n) is 3.54. The van der Waals surface area contributed by atoms with Gasteiger partial charge in [0.05, 0.1) is 0 Å². The molecule has 0 amide bonds. The molecule has 0 fully saturated rings. The van der Waals surface area contributed by atoms with E-state index >= 15 is 0 Å². The molecule has 2 aromatic rings. The lowest BCUT2D eigenvalue weighted by Crippen LogP contribution is -2.45. The normalized spacial score (nSPS) is 16.0. The monoisotopic (exact) mass is 267 g/mol. The van der Waals surface area contributed by atoms with Gasteiger partial charge in [0.15, 0.2) is 0 Å². The third-order valence-corrected chi connectivity index (χ3v) is 3.54. The van der Waals surface area contributed by atoms with Crippen LogP contribution in [-0.4, -0.2) is 16.5 Å². The van der Waals surface area contributed by atoms with Crippen molar-refractivity contribution >= 4 is 11.6 Å². The van der Waals surface area contributed by atoms with Gasteiger partial charge in [-0.25, -0.2) is 0 Å². The Morgan fingerprint density at radius 2 is 1.25 bits per heavy atom. The van der Waals surface area contributed by atoms with E-state index in [9.17, 15) is 19.7 Å². The van der Waals surface area contributed by atoms with E-state index in [1.807, 2.05) is 0 Å². The predicted octanol–water partition coefficient (Wildman–Crippen LogP) is 2.24. The highest BCUT2D eigenvalue weighted by molar-refractivity contribution is 6.31. The molecule has 1 aliphatic rings. The highest BCUT2D eigenvalue weighted by atomic mass is 16.6. The zero-order valence-electron chi connectivity index (χ0n) is 10.3. The third kappa shape index (κ3) is 1.31. The zero-order chi connectivity index (χ0) is 14.3. The van der Waals surface area contributed by atoms with Crippen LogP contribution in [-0.2, 0) is 5.54 Å². The van der Waals surface area contributed by atoms with Crippen LogP contribution in [0.15, 0.2) is 54.6 Å². The molecule has 2 aromatic carbocycles. The van der Waals surface area contributed by atoms with Gasteiger partial charge in [0.25, 0.3) is 11.6 Å². The van der Waals surface area contributed by atoms with E-state index in [0.717, 1.165) is 0 Å². The summed E-state index contributed by atoms with van der Waals surface area (Å²) in [5.74, 6) is -1.54. The molecule has 98 valence electrons. The molecule has 0 heterocycles. The first-order valence-electron chi connectivity index (χ1n) is 5.99. The predicted molar refractivity (Wildman–Crippen MR) is 70.2 cm³/mol. The van der Waals surface area contributed by atoms with Gasteiger partial charge in [-0.15, -0.1) is 0 Å². The Balaban J connectivity index is 2.33. The quantitative estimate of drug-likeness (QED) is 0.475. The first-order valence-corrected chi connectivity index (χ1v) is 5.99. The number of ketones is 2. The summed E-state index contributed by atoms with van der Waals surface area (Å²) < 4.78 is 0. The van der Waals surface area contributed by atoms with Gasteiger partial charge >= 0.3 is 5.54 Å². The molecule has 0 aromatic heterocycles. The lowest BCUT2D eigenvalue weighted by Gasteiger charge is -2.16. The van der Waals surface area contributed by atoms with E-state index in [4.69, 9.17) is 0 Å². The highest BCUT2D eigenvalue weighted by Crippen LogP contribution is 2.39. The Morgan fingerprint density at radius 1 is 0.800 bits per heavy atom. The fourth-order valence-electron chi connectivity index (χ4n) is 2.58. The number of Topliss-reactive ketones (excluding diaryl/α,β-unsaturated/α-hetero) is 2. The summed E-state index contributed by atoms with van der Waals surface area (Å²) in [5, 5.41) is 11.6. The van der Waals surface area contributed by atoms with E-state index in [1.54, 1.807) is 30.3 Å². The van der Waals surface area contributed by atoms with Crippen LogP contribution in [0.4, 0.5) is 0 Å². The lowest BCUT2D eigenvalue weighted by molar-refractivity contribution is -0.537. The molecule has 1 aliphatic carbocycles. The topological polar surface area (TPSA) is 77.3 Å². The van der Waals surface area contributed by atoms with E-state index in [-0.39, 0.29) is 16.7 Å². The minimum Gasteiger partial charge on any atom is -0.285 e. The largest absolute Gasteiger partial charge is 0.370 e. The summed E-state index contributed by atoms with van der Waals surface area (Å²) in [7, 11) is 0. The minimum absolute atomic E-state index is 0.0937. The van der Waals surface area contributed by atoms with Gasteiger partial charge in [-0.2, -0.15) is 0 Å². The van der Waals surface area contributed by atoms with Gasteiger partial charge in [0, 0.05) is 21.6 Å². The molecule has 0 radical (unpaired) electrons. The Morgan fingerprint density at radius 3 is 1.70 bits per heavy atom. The molecular formula is C15H9NO4. The van der Waals surface area contributed by atoms with Crippen LogP contribution in [0.5, 0.6) is 0 Å². The highest BCUT2D eigenvalue weighted by Gasteiger charge is 2.65. The van der Waals surface area contributed by atoms with Crippen molar-refractivity contribution in [2.24, 2.45) is 0 Å². The van der Waals surface area contributed by atoms with Crippen LogP contribution in [0, 0.1) is 10.1 Å². The minimum atomic E-state index is -2.34. The molecule has 3 rings (SSSR count). The van der Waals surface area contributed by atoms with Crippen LogP contribution in [0.1, 0.15) is 26.3 Å². The second-order valence-corrected chi connectivity index (χ2v) is 4.54. The Hall–Kier alpha value is -2.82. The summed E-state index contributed by atoms with van der Waals surface area (Å²) in [4.78, 5) is 35.8. The molecule has 5 heteroatoms. The Kier molecular flexibility index (Phi) is 2.50. The second-order valence-electron chi connectivity index (χ2n) is 4.54. The van der Waals surface area contributed by atoms with E-state index in [0.29, 0.717) is 0 Å². The summed E-state index contributed by atoms with van der Waals surface area (Å²) in [5.41, 5.74) is -2.03. The molecule has 20 heavy (non-hydrogen) atoms. The molecule has 0 saturated heterocycles. The van der Waals surface area contributed by atoms with E-state index in [1.165, 1.54) is 24.3 Å². The second kappa shape index (κ2) is 4.09. The number of rotatable bonds is 2. The zero-order valence-corrected chi connectivity index (χ0v) is 10.3. The molecule has 5 nitrogen and oxygen atoms in total. The van der Waals surface area contributed by atoms with Crippen molar-refractivity contribution in [2.45, 2.75) is 5.54 Å². The van der Waals surface area contributed by atoms with Gasteiger partial charge in [0.1, 0.15) is 0 Å². The summed E-state index contributed by atoms with van der Waals surface area (Å²) in [6.45, 7) is 0. The molecule has 0 bridgehead atoms. The smallest absolute Gasteiger partial charge is 0.285 e. The van der Waals surface area contributed by atoms with Crippen LogP contribution in [0.25, 0.3) is 0 Å². The standard InChI is InChI=1S/C15H9NO4/c17-13-11-8-4-5-9-12(11)14(18)15(13,16(19)20)10-6-2-1-3-7-10/h1-9H. The number of fused-ring (bicyclic) bond motifs is 1. The molecule has 0 saturated carbocycles. The van der Waals surface area contributed by atoms with Gasteiger partial charge in [-0.3, -0.25) is 19.7 Å². The van der Waals surface area contributed by atoms with Crippen LogP contribution >= 0.6 is 0 Å². The van der Waals surface area contributed by atoms with E-state index in [2.05, 4.69) is 0 Å². The fourth-order valence-corrected chi connectivity index (χ4v) is 2.58. The number of hydrogen-bond acceptors (Lipinski definition) is 4. The number of nitrogens with zero attached hydrogens (tertiary/aromatic N) is 1. The SMILES string of the molecule is O=C1c2ccccc2C(=O)C1(c1ccccc1)[N+](=O)[O-]. The molecule has 0 unspecified atom stereocenters. The van der Waals surface area contributed by atoms with Crippen molar-refractivity contribution in [3.8, 4) is 0 Å². The first kappa shape index (κ1) is 12.2. The Bertz CT molecular complexity index is 702. The van der Waals surface area contributed by atoms with Crippen molar-refractivity contribution in [1.82, 2.24) is 0 Å². The van der Waals surface area contributed by atoms with Gasteiger partial charge in [-0.05, 0) is 0 Å². The molecule has 0 spiro atoms. The van der Waals surface area contributed by atoms with Crippen molar-refractivity contribution in [3.05, 3.63) is 81.4 Å². The van der Waals surface area contributed by atoms with Gasteiger partial charge in [-0.1, -0.05) is 54.6 Å². The van der Waals surface area contributed by atoms with Crippen molar-refractivity contribution in [2.75, 3.05) is 0 Å². The average Bonchev–Trinajstić information content (AvgIpc) is 2.70. The van der Waals surface area contributed by atoms with Crippen LogP contribution in [0.3, 0.4) is 0 Å². The van der Waals surface area contributed by atoms with Crippen molar-refractivity contribution < 1.29 is 14.5 Å². The van der Waals surface area contributed by atoms with Crippen LogP contribution < -0.4 is 0 Å². The molecule has 0 aliphatic heterocycles. The van der Waals surface area contributed by atoms with Crippen molar-refractivity contribution in [1.29, 1.82) is 0 Å². The number of nitro groups is 1. The number of benzene rings is 2. The summed E-state index contributed by atoms with van der Waals surface area (Å²) >= 11 is 0. The maximum Gasteiger partial charge on any atom is 0.370 e. The van der Waals surface area contributed by atoms with Gasteiger partial charge in [0.2, 0.25) is 0 Å². The van der Waals surface area contributed by atoms with E-state index < -0.39 is 22.0 Å². The lowest BCUT2D eigenvalue weighted by atomic mass is 9.85. The molecule has 0 N–H and O–H groups in total. The maximum atomic E-state index is 12.5. The number of hydrogen-bond donors (Lipinski definition) is 0. The number of carbonyl (C=O) groups excluding carboxylic acids is 2. The van der Waals surface area contributed by atoms with Crippen molar-refractivity contribution in [3.63, 3.8) is 0 Å². The molecule has 0 atom stereocenters. The summed E-state index contributed by atoms with van der Waals surface area (Å²) in [6, 6.07) is 13.8. The average molecular weight is 267 g/mol. The van der Waals surface area contributed by atoms with Crippen LogP contribution in [0.2, 0.25) is 0 Å². The molecular weight excluding hydrogens is 258 g/mol. The maximum absolute atomic E-state index is 12.5. The van der Waals surface area contributed by atoms with Gasteiger partial charge < -0.3 is 0 Å².